The van der Waals surface area contributed by atoms with E-state index in [1.165, 1.54) is 23.6 Å². The van der Waals surface area contributed by atoms with E-state index in [2.05, 4.69) is 17.3 Å². The van der Waals surface area contributed by atoms with Gasteiger partial charge < -0.3 is 5.73 Å². The fraction of sp³-hybridized carbons (Fsp3) is 0.700. The SMILES string of the molecule is Cc1csc(SC2CCCC2CN)n1. The van der Waals surface area contributed by atoms with E-state index in [4.69, 9.17) is 5.73 Å². The van der Waals surface area contributed by atoms with E-state index in [-0.39, 0.29) is 0 Å². The molecule has 0 aromatic carbocycles. The first-order chi connectivity index (χ1) is 6.79. The van der Waals surface area contributed by atoms with Crippen molar-refractivity contribution in [1.29, 1.82) is 0 Å². The summed E-state index contributed by atoms with van der Waals surface area (Å²) in [4.78, 5) is 4.48. The molecule has 2 nitrogen and oxygen atoms in total. The second kappa shape index (κ2) is 4.64. The summed E-state index contributed by atoms with van der Waals surface area (Å²) in [7, 11) is 0. The molecule has 1 aromatic rings. The molecule has 0 radical (unpaired) electrons. The molecule has 1 aliphatic carbocycles. The Morgan fingerprint density at radius 2 is 2.50 bits per heavy atom. The third kappa shape index (κ3) is 2.30. The van der Waals surface area contributed by atoms with Crippen LogP contribution in [-0.4, -0.2) is 16.8 Å². The van der Waals surface area contributed by atoms with Crippen LogP contribution in [0.25, 0.3) is 0 Å². The maximum atomic E-state index is 5.75. The van der Waals surface area contributed by atoms with Crippen LogP contribution in [-0.2, 0) is 0 Å². The lowest BCUT2D eigenvalue weighted by Gasteiger charge is -2.15. The Labute approximate surface area is 93.3 Å². The zero-order valence-electron chi connectivity index (χ0n) is 8.40. The first-order valence-electron chi connectivity index (χ1n) is 5.08. The number of thioether (sulfide) groups is 1. The highest BCUT2D eigenvalue weighted by molar-refractivity contribution is 8.01. The van der Waals surface area contributed by atoms with Gasteiger partial charge in [0, 0.05) is 16.3 Å². The molecule has 0 saturated heterocycles. The fourth-order valence-electron chi connectivity index (χ4n) is 1.94. The highest BCUT2D eigenvalue weighted by atomic mass is 32.2. The van der Waals surface area contributed by atoms with Crippen LogP contribution >= 0.6 is 23.1 Å². The van der Waals surface area contributed by atoms with Gasteiger partial charge in [-0.25, -0.2) is 4.98 Å². The molecule has 2 N–H and O–H groups in total. The van der Waals surface area contributed by atoms with Gasteiger partial charge >= 0.3 is 0 Å². The number of hydrogen-bond acceptors (Lipinski definition) is 4. The minimum absolute atomic E-state index is 0.712. The quantitative estimate of drug-likeness (QED) is 0.864. The van der Waals surface area contributed by atoms with Gasteiger partial charge in [-0.1, -0.05) is 18.2 Å². The lowest BCUT2D eigenvalue weighted by molar-refractivity contribution is 0.573. The fourth-order valence-corrected chi connectivity index (χ4v) is 4.38. The summed E-state index contributed by atoms with van der Waals surface area (Å²) in [5.74, 6) is 0.712. The van der Waals surface area contributed by atoms with Gasteiger partial charge in [0.25, 0.3) is 0 Å². The molecular weight excluding hydrogens is 212 g/mol. The van der Waals surface area contributed by atoms with Gasteiger partial charge in [0.2, 0.25) is 0 Å². The van der Waals surface area contributed by atoms with Gasteiger partial charge in [-0.05, 0) is 32.2 Å². The maximum absolute atomic E-state index is 5.75. The molecule has 1 heterocycles. The standard InChI is InChI=1S/C10H16N2S2/c1-7-6-13-10(12-7)14-9-4-2-3-8(9)5-11/h6,8-9H,2-5,11H2,1H3. The Kier molecular flexibility index (Phi) is 3.47. The van der Waals surface area contributed by atoms with Crippen molar-refractivity contribution in [3.63, 3.8) is 0 Å². The predicted octanol–water partition coefficient (Wildman–Crippen LogP) is 2.67. The summed E-state index contributed by atoms with van der Waals surface area (Å²) in [6, 6.07) is 0. The van der Waals surface area contributed by atoms with Crippen molar-refractivity contribution in [2.75, 3.05) is 6.54 Å². The van der Waals surface area contributed by atoms with Crippen molar-refractivity contribution >= 4 is 23.1 Å². The predicted molar refractivity (Wildman–Crippen MR) is 62.9 cm³/mol. The molecule has 78 valence electrons. The van der Waals surface area contributed by atoms with Crippen LogP contribution in [0.1, 0.15) is 25.0 Å². The minimum atomic E-state index is 0.712. The average molecular weight is 228 g/mol. The molecule has 1 aliphatic rings. The molecule has 2 unspecified atom stereocenters. The largest absolute Gasteiger partial charge is 0.330 e. The smallest absolute Gasteiger partial charge is 0.150 e. The molecule has 0 spiro atoms. The number of aryl methyl sites for hydroxylation is 1. The number of nitrogens with two attached hydrogens (primary N) is 1. The first-order valence-corrected chi connectivity index (χ1v) is 6.84. The van der Waals surface area contributed by atoms with Crippen LogP contribution in [0.4, 0.5) is 0 Å². The average Bonchev–Trinajstić information content (AvgIpc) is 2.76. The summed E-state index contributed by atoms with van der Waals surface area (Å²) >= 11 is 3.69. The van der Waals surface area contributed by atoms with Crippen LogP contribution in [0.2, 0.25) is 0 Å². The molecule has 0 aliphatic heterocycles. The Bertz CT molecular complexity index is 298. The normalized spacial score (nSPS) is 27.0. The lowest BCUT2D eigenvalue weighted by atomic mass is 10.1. The van der Waals surface area contributed by atoms with Crippen molar-refractivity contribution < 1.29 is 0 Å². The Morgan fingerprint density at radius 1 is 1.64 bits per heavy atom. The molecule has 1 aromatic heterocycles. The van der Waals surface area contributed by atoms with Gasteiger partial charge in [-0.15, -0.1) is 11.3 Å². The lowest BCUT2D eigenvalue weighted by Crippen LogP contribution is -2.19. The van der Waals surface area contributed by atoms with Crippen LogP contribution in [0, 0.1) is 12.8 Å². The third-order valence-electron chi connectivity index (χ3n) is 2.74. The summed E-state index contributed by atoms with van der Waals surface area (Å²) < 4.78 is 1.22. The molecule has 1 saturated carbocycles. The molecule has 2 rings (SSSR count). The highest BCUT2D eigenvalue weighted by Crippen LogP contribution is 2.39. The zero-order chi connectivity index (χ0) is 9.97. The highest BCUT2D eigenvalue weighted by Gasteiger charge is 2.27. The van der Waals surface area contributed by atoms with Gasteiger partial charge in [-0.3, -0.25) is 0 Å². The van der Waals surface area contributed by atoms with Crippen LogP contribution in [0.15, 0.2) is 9.72 Å². The van der Waals surface area contributed by atoms with E-state index in [1.54, 1.807) is 11.3 Å². The van der Waals surface area contributed by atoms with Crippen LogP contribution in [0.5, 0.6) is 0 Å². The van der Waals surface area contributed by atoms with E-state index in [9.17, 15) is 0 Å². The Balaban J connectivity index is 1.96. The summed E-state index contributed by atoms with van der Waals surface area (Å²) in [6.07, 6.45) is 3.95. The Hall–Kier alpha value is -0.0600. The number of hydrogen-bond donors (Lipinski definition) is 1. The van der Waals surface area contributed by atoms with Crippen molar-refractivity contribution in [3.05, 3.63) is 11.1 Å². The van der Waals surface area contributed by atoms with Gasteiger partial charge in [0.05, 0.1) is 0 Å². The zero-order valence-corrected chi connectivity index (χ0v) is 10.0. The maximum Gasteiger partial charge on any atom is 0.150 e. The van der Waals surface area contributed by atoms with Gasteiger partial charge in [0.1, 0.15) is 4.34 Å². The van der Waals surface area contributed by atoms with E-state index in [0.717, 1.165) is 12.2 Å². The van der Waals surface area contributed by atoms with Crippen molar-refractivity contribution in [2.45, 2.75) is 35.8 Å². The summed E-state index contributed by atoms with van der Waals surface area (Å²) in [5, 5.41) is 2.83. The van der Waals surface area contributed by atoms with Crippen molar-refractivity contribution in [3.8, 4) is 0 Å². The van der Waals surface area contributed by atoms with E-state index in [0.29, 0.717) is 11.2 Å². The monoisotopic (exact) mass is 228 g/mol. The molecule has 0 amide bonds. The number of nitrogens with zero attached hydrogens (tertiary/aromatic N) is 1. The number of aromatic nitrogens is 1. The molecule has 0 bridgehead atoms. The molecule has 14 heavy (non-hydrogen) atoms. The Morgan fingerprint density at radius 3 is 3.14 bits per heavy atom. The van der Waals surface area contributed by atoms with E-state index >= 15 is 0 Å². The second-order valence-electron chi connectivity index (χ2n) is 3.84. The molecule has 2 atom stereocenters. The number of rotatable bonds is 3. The molecule has 4 heteroatoms. The number of thiazole rings is 1. The van der Waals surface area contributed by atoms with Crippen molar-refractivity contribution in [1.82, 2.24) is 4.98 Å². The van der Waals surface area contributed by atoms with E-state index in [1.807, 2.05) is 11.8 Å². The third-order valence-corrected chi connectivity index (χ3v) is 5.29. The van der Waals surface area contributed by atoms with E-state index < -0.39 is 0 Å². The summed E-state index contributed by atoms with van der Waals surface area (Å²) in [6.45, 7) is 2.89. The minimum Gasteiger partial charge on any atom is -0.330 e. The topological polar surface area (TPSA) is 38.9 Å². The second-order valence-corrected chi connectivity index (χ2v) is 6.18. The molecular formula is C10H16N2S2. The van der Waals surface area contributed by atoms with Crippen LogP contribution in [0.3, 0.4) is 0 Å². The molecule has 1 fully saturated rings. The van der Waals surface area contributed by atoms with Gasteiger partial charge in [0.15, 0.2) is 0 Å². The summed E-state index contributed by atoms with van der Waals surface area (Å²) in [5.41, 5.74) is 6.89. The van der Waals surface area contributed by atoms with Gasteiger partial charge in [-0.2, -0.15) is 0 Å². The van der Waals surface area contributed by atoms with Crippen LogP contribution < -0.4 is 5.73 Å². The van der Waals surface area contributed by atoms with Crippen molar-refractivity contribution in [2.24, 2.45) is 11.7 Å². The first kappa shape index (κ1) is 10.5.